The molecular weight excluding hydrogens is 512 g/mol. The summed E-state index contributed by atoms with van der Waals surface area (Å²) in [4.78, 5) is 18.3. The molecule has 0 amide bonds. The summed E-state index contributed by atoms with van der Waals surface area (Å²) in [7, 11) is 5.48. The molecule has 7 rings (SSSR count). The normalized spacial score (nSPS) is 21.5. The Kier molecular flexibility index (Phi) is 6.35. The molecule has 2 atom stereocenters. The summed E-state index contributed by atoms with van der Waals surface area (Å²) < 4.78 is 34.6. The van der Waals surface area contributed by atoms with Crippen LogP contribution in [0.4, 0.5) is 0 Å². The monoisotopic (exact) mass is 546 g/mol. The maximum absolute atomic E-state index is 13.2. The van der Waals surface area contributed by atoms with Crippen LogP contribution in [0.1, 0.15) is 35.2 Å². The molecule has 4 aliphatic heterocycles. The molecule has 40 heavy (non-hydrogen) atoms. The van der Waals surface area contributed by atoms with Crippen molar-refractivity contribution >= 4 is 16.7 Å². The maximum Gasteiger partial charge on any atom is 0.339 e. The number of ether oxygens (including phenoxy) is 6. The number of esters is 1. The predicted molar refractivity (Wildman–Crippen MR) is 149 cm³/mol. The van der Waals surface area contributed by atoms with Gasteiger partial charge in [0.15, 0.2) is 23.0 Å². The van der Waals surface area contributed by atoms with Crippen molar-refractivity contribution in [3.8, 4) is 39.9 Å². The topological polar surface area (TPSA) is 78.9 Å². The van der Waals surface area contributed by atoms with Gasteiger partial charge in [0.05, 0.1) is 26.4 Å². The Morgan fingerprint density at radius 1 is 0.900 bits per heavy atom. The van der Waals surface area contributed by atoms with Crippen molar-refractivity contribution in [1.82, 2.24) is 9.80 Å². The number of hydrogen-bond donors (Lipinski definition) is 0. The number of rotatable bonds is 8. The van der Waals surface area contributed by atoms with Crippen molar-refractivity contribution in [3.63, 3.8) is 0 Å². The molecule has 2 unspecified atom stereocenters. The summed E-state index contributed by atoms with van der Waals surface area (Å²) in [6.07, 6.45) is 3.48. The minimum absolute atomic E-state index is 0.160. The van der Waals surface area contributed by atoms with Gasteiger partial charge >= 0.3 is 5.97 Å². The van der Waals surface area contributed by atoms with Gasteiger partial charge in [0.2, 0.25) is 6.79 Å². The number of carbonyl (C=O) groups excluding carboxylic acids is 1. The number of methoxy groups -OCH3 is 2. The van der Waals surface area contributed by atoms with E-state index in [4.69, 9.17) is 28.4 Å². The average Bonchev–Trinajstić information content (AvgIpc) is 3.64. The lowest BCUT2D eigenvalue weighted by Crippen LogP contribution is -2.52. The summed E-state index contributed by atoms with van der Waals surface area (Å²) >= 11 is 0. The number of nitrogens with zero attached hydrogens (tertiary/aromatic N) is 2. The van der Waals surface area contributed by atoms with Gasteiger partial charge in [0, 0.05) is 48.2 Å². The molecular formula is C31H34N2O7. The van der Waals surface area contributed by atoms with Gasteiger partial charge in [-0.3, -0.25) is 4.90 Å². The van der Waals surface area contributed by atoms with Gasteiger partial charge in [-0.25, -0.2) is 4.79 Å². The van der Waals surface area contributed by atoms with Crippen molar-refractivity contribution in [3.05, 3.63) is 41.5 Å². The number of likely N-dealkylation sites (tertiary alicyclic amines) is 1. The largest absolute Gasteiger partial charge is 0.493 e. The quantitative estimate of drug-likeness (QED) is 0.300. The molecule has 0 saturated carbocycles. The number of carbonyl (C=O) groups is 1. The molecule has 210 valence electrons. The first-order valence-corrected chi connectivity index (χ1v) is 13.9. The van der Waals surface area contributed by atoms with Gasteiger partial charge in [-0.1, -0.05) is 6.07 Å². The Bertz CT molecular complexity index is 1470. The second-order valence-electron chi connectivity index (χ2n) is 11.0. The standard InChI is InChI=1S/C31H34N2O7/c1-32-19-6-7-20(32)15-33(14-19)9-4-10-37-30-22-13-26(36-3)25(35-2)12-21(22)28(29-23(30)16-38-31(29)34)18-5-8-24-27(11-18)40-17-39-24/h5,8,11-13,19-20H,4,6-7,9-10,14-17H2,1-3H3. The highest BCUT2D eigenvalue weighted by molar-refractivity contribution is 6.14. The van der Waals surface area contributed by atoms with Gasteiger partial charge in [-0.2, -0.15) is 0 Å². The van der Waals surface area contributed by atoms with Crippen molar-refractivity contribution in [2.45, 2.75) is 38.0 Å². The summed E-state index contributed by atoms with van der Waals surface area (Å²) in [5, 5.41) is 1.67. The van der Waals surface area contributed by atoms with Crippen LogP contribution >= 0.6 is 0 Å². The highest BCUT2D eigenvalue weighted by Crippen LogP contribution is 2.49. The Morgan fingerprint density at radius 3 is 2.38 bits per heavy atom. The van der Waals surface area contributed by atoms with E-state index in [9.17, 15) is 4.79 Å². The van der Waals surface area contributed by atoms with E-state index >= 15 is 0 Å². The van der Waals surface area contributed by atoms with Crippen molar-refractivity contribution < 1.29 is 33.2 Å². The van der Waals surface area contributed by atoms with E-state index in [1.54, 1.807) is 14.2 Å². The van der Waals surface area contributed by atoms with E-state index in [1.807, 2.05) is 30.3 Å². The van der Waals surface area contributed by atoms with Gasteiger partial charge in [0.25, 0.3) is 0 Å². The first-order valence-electron chi connectivity index (χ1n) is 13.9. The van der Waals surface area contributed by atoms with Crippen molar-refractivity contribution in [2.24, 2.45) is 0 Å². The lowest BCUT2D eigenvalue weighted by molar-refractivity contribution is 0.0534. The summed E-state index contributed by atoms with van der Waals surface area (Å²) in [6, 6.07) is 10.9. The predicted octanol–water partition coefficient (Wildman–Crippen LogP) is 4.47. The molecule has 2 bridgehead atoms. The zero-order valence-electron chi connectivity index (χ0n) is 23.2. The molecule has 0 radical (unpaired) electrons. The molecule has 9 nitrogen and oxygen atoms in total. The molecule has 4 heterocycles. The van der Waals surface area contributed by atoms with Crippen LogP contribution in [0.15, 0.2) is 30.3 Å². The van der Waals surface area contributed by atoms with Crippen LogP contribution in [0.25, 0.3) is 21.9 Å². The smallest absolute Gasteiger partial charge is 0.339 e. The molecule has 3 aromatic rings. The Balaban J connectivity index is 1.26. The third-order valence-electron chi connectivity index (χ3n) is 8.86. The Hall–Kier alpha value is -3.69. The van der Waals surface area contributed by atoms with Crippen LogP contribution in [0, 0.1) is 0 Å². The minimum Gasteiger partial charge on any atom is -0.493 e. The van der Waals surface area contributed by atoms with E-state index in [-0.39, 0.29) is 19.4 Å². The summed E-state index contributed by atoms with van der Waals surface area (Å²) in [5.74, 6) is 2.79. The third-order valence-corrected chi connectivity index (χ3v) is 8.86. The van der Waals surface area contributed by atoms with E-state index in [0.29, 0.717) is 53.0 Å². The fourth-order valence-corrected chi connectivity index (χ4v) is 6.77. The van der Waals surface area contributed by atoms with Gasteiger partial charge in [-0.15, -0.1) is 0 Å². The van der Waals surface area contributed by atoms with E-state index in [0.717, 1.165) is 53.5 Å². The fraction of sp³-hybridized carbons (Fsp3) is 0.452. The van der Waals surface area contributed by atoms with Crippen LogP contribution in [0.5, 0.6) is 28.7 Å². The first kappa shape index (κ1) is 25.3. The van der Waals surface area contributed by atoms with E-state index < -0.39 is 0 Å². The SMILES string of the molecule is COc1cc2c(OCCCN3CC4CCC(C3)N4C)c3c(c(-c4ccc5c(c4)OCO5)c2cc1OC)C(=O)OC3. The lowest BCUT2D eigenvalue weighted by Gasteiger charge is -2.38. The molecule has 4 aliphatic rings. The maximum atomic E-state index is 13.2. The number of benzene rings is 3. The second kappa shape index (κ2) is 10.1. The Morgan fingerprint density at radius 2 is 1.62 bits per heavy atom. The van der Waals surface area contributed by atoms with Crippen molar-refractivity contribution in [1.29, 1.82) is 0 Å². The van der Waals surface area contributed by atoms with Crippen molar-refractivity contribution in [2.75, 3.05) is 54.3 Å². The molecule has 0 aromatic heterocycles. The molecule has 0 aliphatic carbocycles. The second-order valence-corrected chi connectivity index (χ2v) is 11.0. The zero-order valence-corrected chi connectivity index (χ0v) is 23.2. The average molecular weight is 547 g/mol. The van der Waals surface area contributed by atoms with Gasteiger partial charge in [-0.05, 0) is 61.5 Å². The number of hydrogen-bond acceptors (Lipinski definition) is 9. The summed E-state index contributed by atoms with van der Waals surface area (Å²) in [5.41, 5.74) is 2.86. The van der Waals surface area contributed by atoms with E-state index in [2.05, 4.69) is 16.8 Å². The fourth-order valence-electron chi connectivity index (χ4n) is 6.77. The Labute approximate surface area is 233 Å². The molecule has 9 heteroatoms. The lowest BCUT2D eigenvalue weighted by atomic mass is 9.89. The highest BCUT2D eigenvalue weighted by atomic mass is 16.7. The molecule has 0 N–H and O–H groups in total. The number of cyclic esters (lactones) is 1. The number of likely N-dealkylation sites (N-methyl/N-ethyl adjacent to an activating group) is 1. The first-order chi connectivity index (χ1) is 19.6. The van der Waals surface area contributed by atoms with Crippen LogP contribution in [-0.4, -0.2) is 82.2 Å². The van der Waals surface area contributed by atoms with E-state index in [1.165, 1.54) is 12.8 Å². The minimum atomic E-state index is -0.364. The number of fused-ring (bicyclic) bond motifs is 5. The van der Waals surface area contributed by atoms with Crippen LogP contribution in [0.2, 0.25) is 0 Å². The van der Waals surface area contributed by atoms with Crippen LogP contribution in [0.3, 0.4) is 0 Å². The zero-order chi connectivity index (χ0) is 27.4. The van der Waals surface area contributed by atoms with Crippen LogP contribution in [-0.2, 0) is 11.3 Å². The molecule has 0 spiro atoms. The molecule has 3 aromatic carbocycles. The van der Waals surface area contributed by atoms with Gasteiger partial charge < -0.3 is 33.3 Å². The third kappa shape index (κ3) is 4.10. The molecule has 2 saturated heterocycles. The van der Waals surface area contributed by atoms with Gasteiger partial charge in [0.1, 0.15) is 12.4 Å². The van der Waals surface area contributed by atoms with Crippen LogP contribution < -0.4 is 23.7 Å². The highest BCUT2D eigenvalue weighted by Gasteiger charge is 2.37. The molecule has 2 fully saturated rings. The number of piperazine rings is 1. The summed E-state index contributed by atoms with van der Waals surface area (Å²) in [6.45, 7) is 4.10.